The molecular formula is C25H17FN6. The molecule has 2 N–H and O–H groups in total. The summed E-state index contributed by atoms with van der Waals surface area (Å²) >= 11 is 0. The zero-order valence-electron chi connectivity index (χ0n) is 17.1. The summed E-state index contributed by atoms with van der Waals surface area (Å²) in [7, 11) is 0. The van der Waals surface area contributed by atoms with Crippen LogP contribution in [0.3, 0.4) is 0 Å². The second kappa shape index (κ2) is 7.09. The van der Waals surface area contributed by atoms with Gasteiger partial charge in [-0.05, 0) is 61.0 Å². The summed E-state index contributed by atoms with van der Waals surface area (Å²) in [5.41, 5.74) is 8.05. The molecule has 6 nitrogen and oxygen atoms in total. The first-order chi connectivity index (χ1) is 15.7. The number of hydrogen-bond donors (Lipinski definition) is 2. The second-order valence-corrected chi connectivity index (χ2v) is 7.69. The van der Waals surface area contributed by atoms with Crippen LogP contribution in [0, 0.1) is 12.7 Å². The topological polar surface area (TPSA) is 83.1 Å². The van der Waals surface area contributed by atoms with E-state index in [4.69, 9.17) is 0 Å². The van der Waals surface area contributed by atoms with Crippen molar-refractivity contribution in [3.8, 4) is 33.8 Å². The minimum Gasteiger partial charge on any atom is -0.353 e. The number of nitrogens with zero attached hydrogens (tertiary/aromatic N) is 4. The number of benzene rings is 1. The van der Waals surface area contributed by atoms with E-state index in [1.165, 1.54) is 12.1 Å². The Balaban J connectivity index is 1.51. The van der Waals surface area contributed by atoms with Crippen molar-refractivity contribution in [3.05, 3.63) is 84.7 Å². The predicted molar refractivity (Wildman–Crippen MR) is 122 cm³/mol. The second-order valence-electron chi connectivity index (χ2n) is 7.69. The van der Waals surface area contributed by atoms with E-state index >= 15 is 0 Å². The number of rotatable bonds is 3. The number of halogens is 1. The summed E-state index contributed by atoms with van der Waals surface area (Å²) in [6.07, 6.45) is 7.21. The Morgan fingerprint density at radius 3 is 2.53 bits per heavy atom. The molecule has 0 atom stereocenters. The van der Waals surface area contributed by atoms with Crippen molar-refractivity contribution in [3.63, 3.8) is 0 Å². The summed E-state index contributed by atoms with van der Waals surface area (Å²) in [5.74, 6) is -0.272. The molecule has 0 aliphatic rings. The third-order valence-corrected chi connectivity index (χ3v) is 5.69. The molecule has 1 aromatic carbocycles. The lowest BCUT2D eigenvalue weighted by Crippen LogP contribution is -1.87. The van der Waals surface area contributed by atoms with Crippen molar-refractivity contribution >= 4 is 21.9 Å². The fraction of sp³-hybridized carbons (Fsp3) is 0.0400. The molecule has 0 saturated carbocycles. The quantitative estimate of drug-likeness (QED) is 0.386. The van der Waals surface area contributed by atoms with Crippen LogP contribution in [0.25, 0.3) is 55.7 Å². The van der Waals surface area contributed by atoms with Crippen LogP contribution in [0.2, 0.25) is 0 Å². The number of aromatic amines is 2. The van der Waals surface area contributed by atoms with E-state index in [0.717, 1.165) is 55.6 Å². The highest BCUT2D eigenvalue weighted by Crippen LogP contribution is 2.34. The Kier molecular flexibility index (Phi) is 4.07. The Hall–Kier alpha value is -4.39. The van der Waals surface area contributed by atoms with E-state index in [9.17, 15) is 4.39 Å². The highest BCUT2D eigenvalue weighted by molar-refractivity contribution is 6.00. The van der Waals surface area contributed by atoms with Gasteiger partial charge in [0, 0.05) is 57.8 Å². The zero-order chi connectivity index (χ0) is 21.7. The van der Waals surface area contributed by atoms with Crippen LogP contribution in [0.15, 0.2) is 73.3 Å². The average Bonchev–Trinajstić information content (AvgIpc) is 3.43. The number of aromatic nitrogens is 6. The van der Waals surface area contributed by atoms with E-state index in [2.05, 4.69) is 43.1 Å². The number of H-pyrrole nitrogens is 2. The maximum absolute atomic E-state index is 13.4. The van der Waals surface area contributed by atoms with Gasteiger partial charge in [-0.2, -0.15) is 5.10 Å². The summed E-state index contributed by atoms with van der Waals surface area (Å²) in [4.78, 5) is 16.8. The van der Waals surface area contributed by atoms with Gasteiger partial charge in [-0.15, -0.1) is 0 Å². The van der Waals surface area contributed by atoms with Crippen molar-refractivity contribution in [1.82, 2.24) is 30.1 Å². The molecule has 0 radical (unpaired) electrons. The van der Waals surface area contributed by atoms with Crippen molar-refractivity contribution in [2.24, 2.45) is 0 Å². The largest absolute Gasteiger partial charge is 0.353 e. The lowest BCUT2D eigenvalue weighted by atomic mass is 10.0. The fourth-order valence-electron chi connectivity index (χ4n) is 4.04. The average molecular weight is 420 g/mol. The minimum atomic E-state index is -0.272. The summed E-state index contributed by atoms with van der Waals surface area (Å²) < 4.78 is 13.4. The molecule has 0 unspecified atom stereocenters. The van der Waals surface area contributed by atoms with Gasteiger partial charge in [0.25, 0.3) is 0 Å². The van der Waals surface area contributed by atoms with Gasteiger partial charge in [-0.1, -0.05) is 0 Å². The monoisotopic (exact) mass is 420 g/mol. The zero-order valence-corrected chi connectivity index (χ0v) is 17.1. The number of pyridine rings is 3. The van der Waals surface area contributed by atoms with E-state index in [-0.39, 0.29) is 5.82 Å². The van der Waals surface area contributed by atoms with Crippen LogP contribution in [0.4, 0.5) is 4.39 Å². The molecule has 32 heavy (non-hydrogen) atoms. The van der Waals surface area contributed by atoms with Gasteiger partial charge < -0.3 is 4.98 Å². The number of hydrogen-bond acceptors (Lipinski definition) is 4. The SMILES string of the molecule is Cc1ccncc1-c1cnc2[nH]nc(-c3cc4c(-c5ccc(F)cc5)nccc4[nH]3)c2c1. The van der Waals surface area contributed by atoms with Crippen LogP contribution < -0.4 is 0 Å². The maximum Gasteiger partial charge on any atom is 0.155 e. The molecule has 0 bridgehead atoms. The van der Waals surface area contributed by atoms with Gasteiger partial charge in [0.15, 0.2) is 5.65 Å². The molecule has 0 amide bonds. The molecule has 5 heterocycles. The van der Waals surface area contributed by atoms with Crippen molar-refractivity contribution in [2.45, 2.75) is 6.92 Å². The molecule has 7 heteroatoms. The van der Waals surface area contributed by atoms with E-state index < -0.39 is 0 Å². The van der Waals surface area contributed by atoms with Crippen LogP contribution >= 0.6 is 0 Å². The molecule has 0 saturated heterocycles. The maximum atomic E-state index is 13.4. The van der Waals surface area contributed by atoms with E-state index in [1.54, 1.807) is 24.5 Å². The highest BCUT2D eigenvalue weighted by atomic mass is 19.1. The summed E-state index contributed by atoms with van der Waals surface area (Å²) in [5, 5.41) is 9.40. The third-order valence-electron chi connectivity index (χ3n) is 5.69. The van der Waals surface area contributed by atoms with Gasteiger partial charge >= 0.3 is 0 Å². The van der Waals surface area contributed by atoms with Gasteiger partial charge in [-0.3, -0.25) is 15.1 Å². The lowest BCUT2D eigenvalue weighted by Gasteiger charge is -2.04. The molecule has 154 valence electrons. The fourth-order valence-corrected chi connectivity index (χ4v) is 4.04. The van der Waals surface area contributed by atoms with Crippen LogP contribution in [0.1, 0.15) is 5.56 Å². The first-order valence-corrected chi connectivity index (χ1v) is 10.2. The smallest absolute Gasteiger partial charge is 0.155 e. The van der Waals surface area contributed by atoms with Crippen LogP contribution in [0.5, 0.6) is 0 Å². The molecular weight excluding hydrogens is 403 g/mol. The first-order valence-electron chi connectivity index (χ1n) is 10.2. The molecule has 6 aromatic rings. The van der Waals surface area contributed by atoms with Gasteiger partial charge in [0.05, 0.1) is 11.4 Å². The Labute approximate surface area is 182 Å². The Bertz CT molecular complexity index is 1600. The van der Waals surface area contributed by atoms with Gasteiger partial charge in [-0.25, -0.2) is 9.37 Å². The number of nitrogens with one attached hydrogen (secondary N) is 2. The standard InChI is InChI=1S/C25H17FN6/c1-14-6-8-27-13-20(14)16-10-19-24(31-32-25(19)29-12-16)22-11-18-21(30-22)7-9-28-23(18)15-2-4-17(26)5-3-15/h2-13,30H,1H3,(H,29,31,32). The van der Waals surface area contributed by atoms with E-state index in [1.807, 2.05) is 30.6 Å². The molecule has 0 aliphatic heterocycles. The van der Waals surface area contributed by atoms with E-state index in [0.29, 0.717) is 5.65 Å². The van der Waals surface area contributed by atoms with Gasteiger partial charge in [0.2, 0.25) is 0 Å². The Morgan fingerprint density at radius 2 is 1.69 bits per heavy atom. The first kappa shape index (κ1) is 18.4. The highest BCUT2D eigenvalue weighted by Gasteiger charge is 2.16. The molecule has 6 rings (SSSR count). The van der Waals surface area contributed by atoms with Crippen LogP contribution in [-0.4, -0.2) is 30.1 Å². The summed E-state index contributed by atoms with van der Waals surface area (Å²) in [6, 6.07) is 14.4. The summed E-state index contributed by atoms with van der Waals surface area (Å²) in [6.45, 7) is 2.05. The lowest BCUT2D eigenvalue weighted by molar-refractivity contribution is 0.628. The molecule has 0 aliphatic carbocycles. The third kappa shape index (κ3) is 2.94. The number of fused-ring (bicyclic) bond motifs is 2. The molecule has 0 fully saturated rings. The normalized spacial score (nSPS) is 11.4. The molecule has 0 spiro atoms. The van der Waals surface area contributed by atoms with Crippen LogP contribution in [-0.2, 0) is 0 Å². The van der Waals surface area contributed by atoms with Crippen molar-refractivity contribution in [1.29, 1.82) is 0 Å². The van der Waals surface area contributed by atoms with Crippen molar-refractivity contribution in [2.75, 3.05) is 0 Å². The van der Waals surface area contributed by atoms with Gasteiger partial charge in [0.1, 0.15) is 11.5 Å². The predicted octanol–water partition coefficient (Wildman–Crippen LogP) is 5.68. The number of aryl methyl sites for hydroxylation is 1. The minimum absolute atomic E-state index is 0.272. The molecule has 5 aromatic heterocycles. The Morgan fingerprint density at radius 1 is 0.812 bits per heavy atom. The van der Waals surface area contributed by atoms with Crippen molar-refractivity contribution < 1.29 is 4.39 Å².